The Kier molecular flexibility index (Phi) is 5.73. The molecule has 0 spiro atoms. The summed E-state index contributed by atoms with van der Waals surface area (Å²) in [7, 11) is 0. The van der Waals surface area contributed by atoms with Crippen molar-refractivity contribution in [2.24, 2.45) is 5.10 Å². The van der Waals surface area contributed by atoms with Crippen LogP contribution >= 0.6 is 15.9 Å². The van der Waals surface area contributed by atoms with Crippen LogP contribution in [-0.4, -0.2) is 38.7 Å². The minimum Gasteiger partial charge on any atom is -0.369 e. The first kappa shape index (κ1) is 19.3. The highest BCUT2D eigenvalue weighted by molar-refractivity contribution is 9.10. The maximum absolute atomic E-state index is 7.04. The summed E-state index contributed by atoms with van der Waals surface area (Å²) in [5, 5.41) is 22.4. The van der Waals surface area contributed by atoms with Gasteiger partial charge in [0.25, 0.3) is 0 Å². The Bertz CT molecular complexity index is 839. The van der Waals surface area contributed by atoms with E-state index in [0.717, 1.165) is 47.4 Å². The Balaban J connectivity index is 1.87. The summed E-state index contributed by atoms with van der Waals surface area (Å²) in [5.74, 6) is 2.11. The van der Waals surface area contributed by atoms with E-state index >= 15 is 0 Å². The second-order valence-electron chi connectivity index (χ2n) is 6.82. The van der Waals surface area contributed by atoms with Crippen molar-refractivity contribution < 1.29 is 0 Å². The lowest BCUT2D eigenvalue weighted by Crippen LogP contribution is -2.33. The van der Waals surface area contributed by atoms with Gasteiger partial charge in [-0.1, -0.05) is 0 Å². The molecule has 0 radical (unpaired) electrons. The molecule has 27 heavy (non-hydrogen) atoms. The van der Waals surface area contributed by atoms with Crippen molar-refractivity contribution in [3.05, 3.63) is 22.4 Å². The number of rotatable bonds is 9. The Morgan fingerprint density at radius 1 is 1.44 bits per heavy atom. The van der Waals surface area contributed by atoms with Gasteiger partial charge < -0.3 is 16.0 Å². The van der Waals surface area contributed by atoms with Gasteiger partial charge in [0, 0.05) is 25.0 Å². The number of aromatic nitrogens is 4. The van der Waals surface area contributed by atoms with Crippen LogP contribution < -0.4 is 16.1 Å². The van der Waals surface area contributed by atoms with Crippen molar-refractivity contribution in [3.8, 4) is 0 Å². The van der Waals surface area contributed by atoms with E-state index < -0.39 is 5.54 Å². The molecule has 0 bridgehead atoms. The molecule has 0 saturated heterocycles. The van der Waals surface area contributed by atoms with Crippen molar-refractivity contribution in [3.63, 3.8) is 0 Å². The second-order valence-corrected chi connectivity index (χ2v) is 7.67. The summed E-state index contributed by atoms with van der Waals surface area (Å²) in [5.41, 5.74) is 3.41. The van der Waals surface area contributed by atoms with E-state index in [1.165, 1.54) is 6.21 Å². The zero-order valence-corrected chi connectivity index (χ0v) is 17.2. The first-order valence-electron chi connectivity index (χ1n) is 8.87. The van der Waals surface area contributed by atoms with Gasteiger partial charge in [-0.25, -0.2) is 9.67 Å². The third-order valence-corrected chi connectivity index (χ3v) is 4.67. The van der Waals surface area contributed by atoms with E-state index in [9.17, 15) is 0 Å². The number of halogens is 1. The molecule has 1 fully saturated rings. The Morgan fingerprint density at radius 3 is 2.89 bits per heavy atom. The van der Waals surface area contributed by atoms with Crippen LogP contribution in [-0.2, 0) is 5.54 Å². The zero-order chi connectivity index (χ0) is 19.4. The van der Waals surface area contributed by atoms with Crippen LogP contribution in [0.1, 0.15) is 45.3 Å². The highest BCUT2D eigenvalue weighted by Crippen LogP contribution is 2.38. The van der Waals surface area contributed by atoms with Gasteiger partial charge in [0.2, 0.25) is 5.95 Å². The minimum absolute atomic E-state index is 0.394. The van der Waals surface area contributed by atoms with Gasteiger partial charge >= 0.3 is 0 Å². The first-order valence-corrected chi connectivity index (χ1v) is 9.66. The SMILES string of the molecule is CCNc1nc(Nc2cc(C(C)(C)N/N=C\C=N)nn2C2CC2)ncc1Br. The highest BCUT2D eigenvalue weighted by Gasteiger charge is 2.31. The summed E-state index contributed by atoms with van der Waals surface area (Å²) in [6, 6.07) is 2.38. The molecule has 0 aliphatic heterocycles. The molecule has 10 heteroatoms. The second kappa shape index (κ2) is 8.03. The van der Waals surface area contributed by atoms with Gasteiger partial charge in [0.1, 0.15) is 11.6 Å². The van der Waals surface area contributed by atoms with E-state index in [2.05, 4.69) is 47.1 Å². The van der Waals surface area contributed by atoms with Crippen molar-refractivity contribution in [2.45, 2.75) is 45.2 Å². The lowest BCUT2D eigenvalue weighted by atomic mass is 10.0. The summed E-state index contributed by atoms with van der Waals surface area (Å²) >= 11 is 3.45. The van der Waals surface area contributed by atoms with E-state index in [-0.39, 0.29) is 0 Å². The minimum atomic E-state index is -0.481. The standard InChI is InChI=1S/C17H24BrN9/c1-4-20-15-12(18)10-21-16(24-15)23-14-9-13(25-27(14)11-5-6-11)17(2,3)26-22-8-7-19/h7-11,19,26H,4-6H2,1-3H3,(H2,20,21,23,24)/b19-7?,22-8-. The number of hydrogen-bond acceptors (Lipinski definition) is 8. The Hall–Kier alpha value is -2.49. The highest BCUT2D eigenvalue weighted by atomic mass is 79.9. The van der Waals surface area contributed by atoms with Crippen LogP contribution in [0.3, 0.4) is 0 Å². The van der Waals surface area contributed by atoms with Crippen LogP contribution in [0.4, 0.5) is 17.6 Å². The Labute approximate surface area is 166 Å². The number of nitrogens with one attached hydrogen (secondary N) is 4. The van der Waals surface area contributed by atoms with Gasteiger partial charge in [-0.05, 0) is 49.5 Å². The molecule has 2 heterocycles. The third kappa shape index (κ3) is 4.62. The molecule has 9 nitrogen and oxygen atoms in total. The molecular formula is C17H24BrN9. The number of hydrogen-bond donors (Lipinski definition) is 4. The lowest BCUT2D eigenvalue weighted by Gasteiger charge is -2.21. The number of hydrazone groups is 1. The van der Waals surface area contributed by atoms with E-state index in [0.29, 0.717) is 12.0 Å². The predicted molar refractivity (Wildman–Crippen MR) is 111 cm³/mol. The van der Waals surface area contributed by atoms with Crippen LogP contribution in [0.15, 0.2) is 21.8 Å². The molecule has 1 saturated carbocycles. The first-order chi connectivity index (χ1) is 12.9. The molecule has 0 atom stereocenters. The summed E-state index contributed by atoms with van der Waals surface area (Å²) in [6.45, 7) is 6.79. The number of anilines is 3. The fraction of sp³-hybridized carbons (Fsp3) is 0.471. The van der Waals surface area contributed by atoms with E-state index in [4.69, 9.17) is 10.5 Å². The van der Waals surface area contributed by atoms with Crippen molar-refractivity contribution >= 4 is 45.9 Å². The maximum Gasteiger partial charge on any atom is 0.230 e. The van der Waals surface area contributed by atoms with Crippen LogP contribution in [0.2, 0.25) is 0 Å². The topological polar surface area (TPSA) is 116 Å². The van der Waals surface area contributed by atoms with Crippen LogP contribution in [0, 0.1) is 5.41 Å². The third-order valence-electron chi connectivity index (χ3n) is 4.09. The van der Waals surface area contributed by atoms with Crippen molar-refractivity contribution in [2.75, 3.05) is 17.2 Å². The maximum atomic E-state index is 7.04. The quantitative estimate of drug-likeness (QED) is 0.355. The van der Waals surface area contributed by atoms with E-state index in [1.54, 1.807) is 6.20 Å². The van der Waals surface area contributed by atoms with Gasteiger partial charge in [0.15, 0.2) is 0 Å². The monoisotopic (exact) mass is 433 g/mol. The molecule has 0 unspecified atom stereocenters. The average Bonchev–Trinajstić information content (AvgIpc) is 3.38. The molecule has 2 aromatic rings. The molecular weight excluding hydrogens is 410 g/mol. The van der Waals surface area contributed by atoms with Crippen molar-refractivity contribution in [1.29, 1.82) is 5.41 Å². The fourth-order valence-electron chi connectivity index (χ4n) is 2.52. The molecule has 0 amide bonds. The van der Waals surface area contributed by atoms with Crippen molar-refractivity contribution in [1.82, 2.24) is 25.2 Å². The fourth-order valence-corrected chi connectivity index (χ4v) is 2.85. The molecule has 1 aliphatic rings. The Morgan fingerprint density at radius 2 is 2.22 bits per heavy atom. The lowest BCUT2D eigenvalue weighted by molar-refractivity contribution is 0.400. The van der Waals surface area contributed by atoms with Gasteiger partial charge in [-0.15, -0.1) is 0 Å². The number of nitrogens with zero attached hydrogens (tertiary/aromatic N) is 5. The summed E-state index contributed by atoms with van der Waals surface area (Å²) in [4.78, 5) is 8.88. The molecule has 1 aliphatic carbocycles. The average molecular weight is 434 g/mol. The molecule has 144 valence electrons. The normalized spacial score (nSPS) is 14.4. The molecule has 4 N–H and O–H groups in total. The molecule has 2 aromatic heterocycles. The molecule has 0 aromatic carbocycles. The van der Waals surface area contributed by atoms with Gasteiger partial charge in [0.05, 0.1) is 28.0 Å². The predicted octanol–water partition coefficient (Wildman–Crippen LogP) is 3.41. The smallest absolute Gasteiger partial charge is 0.230 e. The summed E-state index contributed by atoms with van der Waals surface area (Å²) in [6.07, 6.45) is 6.48. The van der Waals surface area contributed by atoms with Gasteiger partial charge in [-0.2, -0.15) is 15.2 Å². The summed E-state index contributed by atoms with van der Waals surface area (Å²) < 4.78 is 2.82. The molecule has 3 rings (SSSR count). The zero-order valence-electron chi connectivity index (χ0n) is 15.6. The van der Waals surface area contributed by atoms with Crippen LogP contribution in [0.5, 0.6) is 0 Å². The largest absolute Gasteiger partial charge is 0.369 e. The van der Waals surface area contributed by atoms with Gasteiger partial charge in [-0.3, -0.25) is 5.43 Å². The van der Waals surface area contributed by atoms with Crippen LogP contribution in [0.25, 0.3) is 0 Å². The van der Waals surface area contributed by atoms with E-state index in [1.807, 2.05) is 31.5 Å².